The zero-order valence-electron chi connectivity index (χ0n) is 7.99. The summed E-state index contributed by atoms with van der Waals surface area (Å²) in [6.07, 6.45) is 0. The molecule has 0 aliphatic rings. The van der Waals surface area contributed by atoms with Gasteiger partial charge in [-0.05, 0) is 18.2 Å². The molecule has 2 aromatic rings. The average molecular weight is 357 g/mol. The van der Waals surface area contributed by atoms with Crippen molar-refractivity contribution in [3.63, 3.8) is 0 Å². The predicted octanol–water partition coefficient (Wildman–Crippen LogP) is 2.82. The van der Waals surface area contributed by atoms with Crippen molar-refractivity contribution >= 4 is 47.3 Å². The summed E-state index contributed by atoms with van der Waals surface area (Å²) in [7, 11) is 1.20. The van der Waals surface area contributed by atoms with E-state index in [1.807, 2.05) is 0 Å². The van der Waals surface area contributed by atoms with Gasteiger partial charge in [-0.1, -0.05) is 27.5 Å². The summed E-state index contributed by atoms with van der Waals surface area (Å²) >= 11 is 9.23. The third-order valence-electron chi connectivity index (χ3n) is 1.87. The Morgan fingerprint density at radius 1 is 1.35 bits per heavy atom. The average Bonchev–Trinajstić information content (AvgIpc) is 2.70. The van der Waals surface area contributed by atoms with Gasteiger partial charge in [-0.15, -0.1) is 0 Å². The number of aromatic nitrogens is 3. The zero-order valence-corrected chi connectivity index (χ0v) is 11.9. The van der Waals surface area contributed by atoms with Crippen LogP contribution in [0.25, 0.3) is 11.4 Å². The van der Waals surface area contributed by atoms with E-state index in [2.05, 4.69) is 31.1 Å². The molecule has 0 unspecified atom stereocenters. The number of rotatable bonds is 2. The fraction of sp³-hybridized carbons (Fsp3) is 0. The van der Waals surface area contributed by atoms with Gasteiger partial charge in [0.2, 0.25) is 0 Å². The molecule has 0 aliphatic carbocycles. The molecule has 1 aromatic carbocycles. The number of hydrogen-bond acceptors (Lipinski definition) is 4. The van der Waals surface area contributed by atoms with Gasteiger partial charge in [0.1, 0.15) is 0 Å². The lowest BCUT2D eigenvalue weighted by Crippen LogP contribution is -1.92. The first kappa shape index (κ1) is 12.8. The molecule has 0 aliphatic heterocycles. The van der Waals surface area contributed by atoms with Crippen LogP contribution in [0.1, 0.15) is 0 Å². The van der Waals surface area contributed by atoms with E-state index in [0.29, 0.717) is 10.6 Å². The van der Waals surface area contributed by atoms with Crippen LogP contribution < -0.4 is 0 Å². The minimum atomic E-state index is -3.92. The number of aromatic amines is 1. The molecule has 0 atom stereocenters. The van der Waals surface area contributed by atoms with Gasteiger partial charge < -0.3 is 0 Å². The van der Waals surface area contributed by atoms with Crippen LogP contribution in [0, 0.1) is 0 Å². The Labute approximate surface area is 115 Å². The van der Waals surface area contributed by atoms with Crippen molar-refractivity contribution in [3.05, 3.63) is 27.7 Å². The van der Waals surface area contributed by atoms with E-state index in [1.165, 1.54) is 0 Å². The number of hydrogen-bond donors (Lipinski definition) is 1. The van der Waals surface area contributed by atoms with Crippen LogP contribution in [0.3, 0.4) is 0 Å². The van der Waals surface area contributed by atoms with Crippen LogP contribution in [0.4, 0.5) is 0 Å². The molecule has 1 heterocycles. The summed E-state index contributed by atoms with van der Waals surface area (Å²) in [4.78, 5) is 3.76. The molecule has 0 amide bonds. The molecule has 2 rings (SSSR count). The minimum Gasteiger partial charge on any atom is -0.248 e. The molecule has 1 N–H and O–H groups in total. The monoisotopic (exact) mass is 355 g/mol. The smallest absolute Gasteiger partial charge is 0.248 e. The first-order valence-corrected chi connectivity index (χ1v) is 7.68. The van der Waals surface area contributed by atoms with E-state index in [4.69, 9.17) is 22.3 Å². The van der Waals surface area contributed by atoms with Crippen LogP contribution in [-0.2, 0) is 9.05 Å². The molecule has 0 bridgehead atoms. The van der Waals surface area contributed by atoms with Crippen LogP contribution in [0.15, 0.2) is 27.8 Å². The summed E-state index contributed by atoms with van der Waals surface area (Å²) in [5, 5.41) is 5.98. The van der Waals surface area contributed by atoms with Crippen molar-refractivity contribution in [2.45, 2.75) is 5.16 Å². The highest BCUT2D eigenvalue weighted by Crippen LogP contribution is 2.28. The molecular weight excluding hydrogens is 353 g/mol. The first-order valence-electron chi connectivity index (χ1n) is 4.20. The van der Waals surface area contributed by atoms with Crippen LogP contribution >= 0.6 is 38.2 Å². The highest BCUT2D eigenvalue weighted by molar-refractivity contribution is 9.10. The molecule has 0 fully saturated rings. The van der Waals surface area contributed by atoms with Gasteiger partial charge in [0.05, 0.1) is 5.02 Å². The Hall–Kier alpha value is -0.630. The van der Waals surface area contributed by atoms with Crippen LogP contribution in [0.2, 0.25) is 5.02 Å². The highest BCUT2D eigenvalue weighted by Gasteiger charge is 2.18. The summed E-state index contributed by atoms with van der Waals surface area (Å²) in [5.74, 6) is 0.163. The zero-order chi connectivity index (χ0) is 12.6. The Bertz CT molecular complexity index is 671. The van der Waals surface area contributed by atoms with Crippen molar-refractivity contribution in [3.8, 4) is 11.4 Å². The molecule has 1 aromatic heterocycles. The van der Waals surface area contributed by atoms with Crippen molar-refractivity contribution in [1.29, 1.82) is 0 Å². The summed E-state index contributed by atoms with van der Waals surface area (Å²) in [6, 6.07) is 5.07. The van der Waals surface area contributed by atoms with E-state index >= 15 is 0 Å². The second-order valence-corrected chi connectivity index (χ2v) is 6.83. The van der Waals surface area contributed by atoms with Crippen LogP contribution in [0.5, 0.6) is 0 Å². The molecule has 90 valence electrons. The molecule has 0 spiro atoms. The van der Waals surface area contributed by atoms with Crippen molar-refractivity contribution in [1.82, 2.24) is 15.2 Å². The van der Waals surface area contributed by atoms with Gasteiger partial charge in [-0.3, -0.25) is 0 Å². The lowest BCUT2D eigenvalue weighted by Gasteiger charge is -1.99. The Balaban J connectivity index is 2.55. The Kier molecular flexibility index (Phi) is 3.44. The van der Waals surface area contributed by atoms with Gasteiger partial charge in [0.25, 0.3) is 14.2 Å². The lowest BCUT2D eigenvalue weighted by atomic mass is 10.2. The first-order chi connectivity index (χ1) is 7.88. The maximum Gasteiger partial charge on any atom is 0.296 e. The normalized spacial score (nSPS) is 11.7. The number of nitrogens with zero attached hydrogens (tertiary/aromatic N) is 2. The van der Waals surface area contributed by atoms with E-state index in [-0.39, 0.29) is 5.82 Å². The fourth-order valence-electron chi connectivity index (χ4n) is 1.15. The predicted molar refractivity (Wildman–Crippen MR) is 67.6 cm³/mol. The van der Waals surface area contributed by atoms with Crippen molar-refractivity contribution < 1.29 is 8.42 Å². The number of H-pyrrole nitrogens is 1. The van der Waals surface area contributed by atoms with Crippen molar-refractivity contribution in [2.75, 3.05) is 0 Å². The topological polar surface area (TPSA) is 75.7 Å². The largest absolute Gasteiger partial charge is 0.296 e. The Morgan fingerprint density at radius 3 is 2.65 bits per heavy atom. The summed E-state index contributed by atoms with van der Waals surface area (Å²) in [6.45, 7) is 0. The number of halogens is 3. The SMILES string of the molecule is O=S(=O)(Cl)c1nc(-c2cc(Br)ccc2Cl)n[nH]1. The van der Waals surface area contributed by atoms with E-state index < -0.39 is 14.2 Å². The molecular formula is C8H4BrCl2N3O2S. The fourth-order valence-corrected chi connectivity index (χ4v) is 2.27. The molecule has 0 radical (unpaired) electrons. The highest BCUT2D eigenvalue weighted by atomic mass is 79.9. The standard InChI is InChI=1S/C8H4BrCl2N3O2S/c9-4-1-2-6(10)5(3-4)7-12-8(14-13-7)17(11,15)16/h1-3H,(H,12,13,14). The Morgan fingerprint density at radius 2 is 2.06 bits per heavy atom. The lowest BCUT2D eigenvalue weighted by molar-refractivity contribution is 0.602. The second kappa shape index (κ2) is 4.56. The van der Waals surface area contributed by atoms with Gasteiger partial charge in [0.15, 0.2) is 5.82 Å². The minimum absolute atomic E-state index is 0.163. The summed E-state index contributed by atoms with van der Waals surface area (Å²) in [5.41, 5.74) is 0.504. The van der Waals surface area contributed by atoms with Gasteiger partial charge in [-0.2, -0.15) is 10.1 Å². The van der Waals surface area contributed by atoms with Gasteiger partial charge >= 0.3 is 0 Å². The van der Waals surface area contributed by atoms with Gasteiger partial charge in [-0.25, -0.2) is 13.5 Å². The molecule has 9 heteroatoms. The molecule has 17 heavy (non-hydrogen) atoms. The molecule has 0 saturated carbocycles. The maximum absolute atomic E-state index is 11.0. The van der Waals surface area contributed by atoms with E-state index in [0.717, 1.165) is 4.47 Å². The second-order valence-electron chi connectivity index (χ2n) is 3.03. The van der Waals surface area contributed by atoms with Crippen LogP contribution in [-0.4, -0.2) is 23.6 Å². The summed E-state index contributed by atoms with van der Waals surface area (Å²) < 4.78 is 22.8. The van der Waals surface area contributed by atoms with Crippen molar-refractivity contribution in [2.24, 2.45) is 0 Å². The number of benzene rings is 1. The molecule has 0 saturated heterocycles. The molecule has 5 nitrogen and oxygen atoms in total. The third kappa shape index (κ3) is 2.79. The third-order valence-corrected chi connectivity index (χ3v) is 3.77. The van der Waals surface area contributed by atoms with E-state index in [1.54, 1.807) is 18.2 Å². The van der Waals surface area contributed by atoms with E-state index in [9.17, 15) is 8.42 Å². The number of nitrogens with one attached hydrogen (secondary N) is 1. The quantitative estimate of drug-likeness (QED) is 0.839. The van der Waals surface area contributed by atoms with Gasteiger partial charge in [0, 0.05) is 20.7 Å². The maximum atomic E-state index is 11.0.